The van der Waals surface area contributed by atoms with Crippen LogP contribution in [0, 0.1) is 0 Å². The van der Waals surface area contributed by atoms with E-state index in [-0.39, 0.29) is 0 Å². The maximum absolute atomic E-state index is 4.50. The second-order valence-electron chi connectivity index (χ2n) is 5.88. The second kappa shape index (κ2) is 4.40. The van der Waals surface area contributed by atoms with Gasteiger partial charge in [-0.25, -0.2) is 9.97 Å². The monoisotopic (exact) mass is 289 g/mol. The van der Waals surface area contributed by atoms with E-state index < -0.39 is 0 Å². The number of aromatic amines is 2. The summed E-state index contributed by atoms with van der Waals surface area (Å²) in [4.78, 5) is 12.5. The van der Waals surface area contributed by atoms with Crippen LogP contribution in [0.2, 0.25) is 0 Å². The van der Waals surface area contributed by atoms with Crippen LogP contribution in [0.5, 0.6) is 0 Å². The van der Waals surface area contributed by atoms with Gasteiger partial charge in [0.15, 0.2) is 0 Å². The standard InChI is InChI=1S/C17H15N5/c1-2-4-12-11(3-1)15-13(5-6-14-17(15)19-9-18-14)22-16(12)10-7-20-21-8-10/h5-9,22H,1-4H2,(H,20,21). The molecular weight excluding hydrogens is 274 g/mol. The topological polar surface area (TPSA) is 70.2 Å². The SMILES string of the molecule is c1nc2ccc3[nH]c(-c4cn[nH]c4)c4c(c3c2n1)CCCC4. The molecule has 0 bridgehead atoms. The van der Waals surface area contributed by atoms with Crippen LogP contribution >= 0.6 is 0 Å². The van der Waals surface area contributed by atoms with Gasteiger partial charge < -0.3 is 4.98 Å². The Hall–Kier alpha value is -2.69. The van der Waals surface area contributed by atoms with E-state index in [4.69, 9.17) is 0 Å². The zero-order valence-corrected chi connectivity index (χ0v) is 12.1. The summed E-state index contributed by atoms with van der Waals surface area (Å²) in [6.45, 7) is 0. The lowest BCUT2D eigenvalue weighted by atomic mass is 9.86. The van der Waals surface area contributed by atoms with Gasteiger partial charge in [-0.15, -0.1) is 0 Å². The Balaban J connectivity index is 1.95. The Morgan fingerprint density at radius 1 is 1.00 bits per heavy atom. The van der Waals surface area contributed by atoms with E-state index in [2.05, 4.69) is 31.2 Å². The minimum atomic E-state index is 0.977. The molecule has 0 spiro atoms. The number of pyridine rings is 1. The van der Waals surface area contributed by atoms with E-state index in [0.717, 1.165) is 35.0 Å². The summed E-state index contributed by atoms with van der Waals surface area (Å²) in [6.07, 6.45) is 10.2. The highest BCUT2D eigenvalue weighted by molar-refractivity contribution is 6.05. The summed E-state index contributed by atoms with van der Waals surface area (Å²) in [7, 11) is 0. The molecule has 0 saturated heterocycles. The Labute approximate surface area is 126 Å². The van der Waals surface area contributed by atoms with E-state index >= 15 is 0 Å². The molecule has 108 valence electrons. The summed E-state index contributed by atoms with van der Waals surface area (Å²) in [5.74, 6) is 0. The van der Waals surface area contributed by atoms with Crippen molar-refractivity contribution in [3.63, 3.8) is 0 Å². The van der Waals surface area contributed by atoms with Crippen LogP contribution in [0.1, 0.15) is 24.0 Å². The van der Waals surface area contributed by atoms with Crippen molar-refractivity contribution in [2.24, 2.45) is 0 Å². The van der Waals surface area contributed by atoms with Crippen LogP contribution < -0.4 is 0 Å². The Morgan fingerprint density at radius 2 is 1.91 bits per heavy atom. The maximum Gasteiger partial charge on any atom is 0.116 e. The van der Waals surface area contributed by atoms with Gasteiger partial charge in [-0.3, -0.25) is 5.10 Å². The minimum Gasteiger partial charge on any atom is -0.354 e. The lowest BCUT2D eigenvalue weighted by molar-refractivity contribution is 0.689. The molecule has 0 saturated carbocycles. The molecule has 2 N–H and O–H groups in total. The lowest BCUT2D eigenvalue weighted by Gasteiger charge is -2.21. The Morgan fingerprint density at radius 3 is 2.77 bits per heavy atom. The zero-order chi connectivity index (χ0) is 14.5. The van der Waals surface area contributed by atoms with Crippen LogP contribution in [-0.2, 0) is 12.8 Å². The van der Waals surface area contributed by atoms with Crippen molar-refractivity contribution in [3.05, 3.63) is 42.0 Å². The van der Waals surface area contributed by atoms with Crippen molar-refractivity contribution < 1.29 is 0 Å². The van der Waals surface area contributed by atoms with Crippen LogP contribution in [0.3, 0.4) is 0 Å². The fourth-order valence-electron chi connectivity index (χ4n) is 3.67. The van der Waals surface area contributed by atoms with Crippen molar-refractivity contribution in [1.29, 1.82) is 0 Å². The van der Waals surface area contributed by atoms with Crippen LogP contribution in [-0.4, -0.2) is 25.1 Å². The van der Waals surface area contributed by atoms with E-state index in [1.54, 1.807) is 6.33 Å². The first kappa shape index (κ1) is 11.9. The maximum atomic E-state index is 4.50. The quantitative estimate of drug-likeness (QED) is 0.564. The highest BCUT2D eigenvalue weighted by Crippen LogP contribution is 2.36. The first-order valence-corrected chi connectivity index (χ1v) is 7.68. The number of hydrogen-bond donors (Lipinski definition) is 2. The summed E-state index contributed by atoms with van der Waals surface area (Å²) >= 11 is 0. The van der Waals surface area contributed by atoms with Crippen LogP contribution in [0.25, 0.3) is 33.2 Å². The van der Waals surface area contributed by atoms with Crippen molar-refractivity contribution >= 4 is 21.9 Å². The minimum absolute atomic E-state index is 0.977. The van der Waals surface area contributed by atoms with Gasteiger partial charge in [0.2, 0.25) is 0 Å². The third-order valence-corrected chi connectivity index (χ3v) is 4.66. The first-order chi connectivity index (χ1) is 10.9. The van der Waals surface area contributed by atoms with Gasteiger partial charge in [0.1, 0.15) is 11.8 Å². The molecule has 0 radical (unpaired) electrons. The molecule has 22 heavy (non-hydrogen) atoms. The average Bonchev–Trinajstić information content (AvgIpc) is 3.25. The zero-order valence-electron chi connectivity index (χ0n) is 12.1. The number of rotatable bonds is 1. The number of H-pyrrole nitrogens is 2. The van der Waals surface area contributed by atoms with Gasteiger partial charge in [-0.05, 0) is 48.9 Å². The highest BCUT2D eigenvalue weighted by atomic mass is 15.1. The molecule has 1 aliphatic rings. The number of fused-ring (bicyclic) bond motifs is 5. The lowest BCUT2D eigenvalue weighted by Crippen LogP contribution is -2.07. The van der Waals surface area contributed by atoms with E-state index in [1.807, 2.05) is 18.5 Å². The van der Waals surface area contributed by atoms with Gasteiger partial charge in [0, 0.05) is 22.7 Å². The molecule has 4 aromatic rings. The number of hydrogen-bond acceptors (Lipinski definition) is 3. The van der Waals surface area contributed by atoms with Crippen LogP contribution in [0.15, 0.2) is 30.9 Å². The molecule has 5 heteroatoms. The van der Waals surface area contributed by atoms with Gasteiger partial charge >= 0.3 is 0 Å². The molecule has 5 nitrogen and oxygen atoms in total. The van der Waals surface area contributed by atoms with Gasteiger partial charge in [-0.2, -0.15) is 5.10 Å². The molecule has 0 amide bonds. The molecule has 0 atom stereocenters. The van der Waals surface area contributed by atoms with E-state index in [1.165, 1.54) is 35.0 Å². The molecule has 3 aromatic heterocycles. The number of nitrogens with one attached hydrogen (secondary N) is 2. The molecule has 0 aliphatic heterocycles. The van der Waals surface area contributed by atoms with Gasteiger partial charge in [-0.1, -0.05) is 0 Å². The molecule has 3 heterocycles. The summed E-state index contributed by atoms with van der Waals surface area (Å²) < 4.78 is 0. The van der Waals surface area contributed by atoms with Crippen molar-refractivity contribution in [2.45, 2.75) is 25.7 Å². The summed E-state index contributed by atoms with van der Waals surface area (Å²) in [6, 6.07) is 4.15. The Kier molecular flexibility index (Phi) is 2.38. The summed E-state index contributed by atoms with van der Waals surface area (Å²) in [5.41, 5.74) is 8.28. The molecule has 5 rings (SSSR count). The predicted molar refractivity (Wildman–Crippen MR) is 85.6 cm³/mol. The molecule has 0 fully saturated rings. The molecule has 1 aromatic carbocycles. The smallest absolute Gasteiger partial charge is 0.116 e. The van der Waals surface area contributed by atoms with Crippen molar-refractivity contribution in [2.75, 3.05) is 0 Å². The van der Waals surface area contributed by atoms with Crippen molar-refractivity contribution in [3.8, 4) is 11.3 Å². The Bertz CT molecular complexity index is 981. The molecular formula is C17H15N5. The van der Waals surface area contributed by atoms with Gasteiger partial charge in [0.25, 0.3) is 0 Å². The second-order valence-corrected chi connectivity index (χ2v) is 5.88. The number of nitrogens with zero attached hydrogens (tertiary/aromatic N) is 3. The van der Waals surface area contributed by atoms with Gasteiger partial charge in [0.05, 0.1) is 17.4 Å². The van der Waals surface area contributed by atoms with E-state index in [0.29, 0.717) is 0 Å². The van der Waals surface area contributed by atoms with Crippen LogP contribution in [0.4, 0.5) is 0 Å². The number of aromatic nitrogens is 5. The normalized spacial score (nSPS) is 14.5. The summed E-state index contributed by atoms with van der Waals surface area (Å²) in [5, 5.41) is 8.27. The molecule has 1 aliphatic carbocycles. The highest BCUT2D eigenvalue weighted by Gasteiger charge is 2.20. The molecule has 0 unspecified atom stereocenters. The third-order valence-electron chi connectivity index (χ3n) is 4.66. The predicted octanol–water partition coefficient (Wildman–Crippen LogP) is 3.38. The van der Waals surface area contributed by atoms with Crippen molar-refractivity contribution in [1.82, 2.24) is 25.1 Å². The number of imidazole rings is 1. The average molecular weight is 289 g/mol. The largest absolute Gasteiger partial charge is 0.354 e. The first-order valence-electron chi connectivity index (χ1n) is 7.68. The fourth-order valence-corrected chi connectivity index (χ4v) is 3.67. The number of aryl methyl sites for hydroxylation is 1. The fraction of sp³-hybridized carbons (Fsp3) is 0.235. The van der Waals surface area contributed by atoms with E-state index in [9.17, 15) is 0 Å². The number of benzene rings is 1. The third kappa shape index (κ3) is 1.56.